The number of benzene rings is 3. The zero-order valence-electron chi connectivity index (χ0n) is 40.7. The number of carbonyl (C=O) groups is 2. The van der Waals surface area contributed by atoms with Gasteiger partial charge in [-0.05, 0) is 86.6 Å². The molecule has 2 atom stereocenters. The lowest BCUT2D eigenvalue weighted by atomic mass is 9.72. The number of amides is 2. The van der Waals surface area contributed by atoms with Crippen molar-refractivity contribution in [3.8, 4) is 17.2 Å². The van der Waals surface area contributed by atoms with Gasteiger partial charge in [-0.15, -0.1) is 0 Å². The van der Waals surface area contributed by atoms with Gasteiger partial charge in [-0.2, -0.15) is 0 Å². The third-order valence-corrected chi connectivity index (χ3v) is 16.8. The maximum Gasteiger partial charge on any atom is 0.409 e. The topological polar surface area (TPSA) is 225 Å². The second-order valence-corrected chi connectivity index (χ2v) is 22.3. The zero-order chi connectivity index (χ0) is 50.7. The Morgan fingerprint density at radius 2 is 1.78 bits per heavy atom. The molecule has 2 aromatic heterocycles. The number of pyridine rings is 1. The number of piperazine rings is 1. The Bertz CT molecular complexity index is 3020. The first-order chi connectivity index (χ1) is 34.4. The first-order valence-electron chi connectivity index (χ1n) is 24.5. The van der Waals surface area contributed by atoms with E-state index in [4.69, 9.17) is 14.2 Å². The number of anilines is 2. The zero-order valence-corrected chi connectivity index (χ0v) is 41.5. The van der Waals surface area contributed by atoms with E-state index in [1.807, 2.05) is 0 Å². The highest BCUT2D eigenvalue weighted by atomic mass is 32.2. The molecule has 4 aliphatic heterocycles. The molecular weight excluding hydrogens is 950 g/mol. The van der Waals surface area contributed by atoms with Crippen LogP contribution in [0.1, 0.15) is 92.7 Å². The molecule has 382 valence electrons. The number of methoxy groups -OCH3 is 1. The molecule has 5 aliphatic rings. The Hall–Kier alpha value is -6.55. The van der Waals surface area contributed by atoms with Crippen molar-refractivity contribution in [3.63, 3.8) is 0 Å². The van der Waals surface area contributed by atoms with E-state index in [0.29, 0.717) is 70.0 Å². The minimum absolute atomic E-state index is 0.0227. The van der Waals surface area contributed by atoms with Crippen LogP contribution in [0.5, 0.6) is 17.2 Å². The van der Waals surface area contributed by atoms with Gasteiger partial charge in [0.1, 0.15) is 29.6 Å². The maximum absolute atomic E-state index is 14.7. The van der Waals surface area contributed by atoms with E-state index < -0.39 is 42.9 Å². The highest BCUT2D eigenvalue weighted by molar-refractivity contribution is 7.90. The standard InChI is InChI=1S/C51H60FN9O10S/c1-31(2)36-7-5-6-8-37(36)43-27-58(49(63)69-4)19-20-60(43)59-29-51(30-59)15-17-57(18-16-51)33-9-10-38(44(21-33)71-34-22-39-40(52)26-54-47(39)53-25-34)48(62)56-72(67,68)35-23-42(61(65)66)46-45(24-35)70-28-41(55-46)32-11-13-50(3,64)14-12-32/h5-10,21-26,31-32,41,43,55,64H,11-20,27-30H2,1-4H3,(H,53,54)(H,56,62)/t32-,41-,43-,50-/m1/s1. The van der Waals surface area contributed by atoms with E-state index in [9.17, 15) is 37.6 Å². The number of ether oxygens (including phenoxy) is 3. The summed E-state index contributed by atoms with van der Waals surface area (Å²) in [6.07, 6.45) is 6.46. The number of sulfonamides is 1. The number of piperidine rings is 1. The minimum Gasteiger partial charge on any atom is -0.489 e. The van der Waals surface area contributed by atoms with Gasteiger partial charge in [0.15, 0.2) is 11.4 Å². The third-order valence-electron chi connectivity index (χ3n) is 15.5. The first kappa shape index (κ1) is 49.0. The molecule has 6 heterocycles. The van der Waals surface area contributed by atoms with Crippen molar-refractivity contribution in [3.05, 3.63) is 106 Å². The van der Waals surface area contributed by atoms with Crippen LogP contribution in [-0.4, -0.2) is 127 Å². The number of aliphatic hydroxyl groups is 1. The average molecular weight is 1010 g/mol. The fraction of sp³-hybridized carbons (Fsp3) is 0.471. The molecule has 72 heavy (non-hydrogen) atoms. The normalized spacial score (nSPS) is 23.5. The van der Waals surface area contributed by atoms with Crippen LogP contribution in [0.3, 0.4) is 0 Å². The lowest BCUT2D eigenvalue weighted by Gasteiger charge is -2.60. The van der Waals surface area contributed by atoms with Gasteiger partial charge >= 0.3 is 6.09 Å². The van der Waals surface area contributed by atoms with Crippen LogP contribution in [-0.2, 0) is 14.8 Å². The summed E-state index contributed by atoms with van der Waals surface area (Å²) in [5.41, 5.74) is 2.08. The summed E-state index contributed by atoms with van der Waals surface area (Å²) >= 11 is 0. The summed E-state index contributed by atoms with van der Waals surface area (Å²) in [4.78, 5) is 49.0. The molecule has 10 rings (SSSR count). The van der Waals surface area contributed by atoms with Crippen LogP contribution in [0, 0.1) is 27.3 Å². The van der Waals surface area contributed by atoms with Gasteiger partial charge in [0.25, 0.3) is 21.6 Å². The number of halogens is 1. The van der Waals surface area contributed by atoms with E-state index in [2.05, 4.69) is 73.0 Å². The number of aromatic nitrogens is 2. The van der Waals surface area contributed by atoms with Gasteiger partial charge in [-0.1, -0.05) is 38.1 Å². The number of hydrogen-bond acceptors (Lipinski definition) is 15. The van der Waals surface area contributed by atoms with Crippen molar-refractivity contribution in [1.29, 1.82) is 0 Å². The van der Waals surface area contributed by atoms with E-state index in [-0.39, 0.29) is 75.6 Å². The number of nitrogens with zero attached hydrogens (tertiary/aromatic N) is 6. The fourth-order valence-corrected chi connectivity index (χ4v) is 12.3. The number of fused-ring (bicyclic) bond motifs is 2. The molecule has 4 fully saturated rings. The molecule has 21 heteroatoms. The molecule has 3 saturated heterocycles. The molecule has 0 bridgehead atoms. The fourth-order valence-electron chi connectivity index (χ4n) is 11.3. The van der Waals surface area contributed by atoms with E-state index in [0.717, 1.165) is 38.1 Å². The molecule has 19 nitrogen and oxygen atoms in total. The van der Waals surface area contributed by atoms with E-state index >= 15 is 0 Å². The smallest absolute Gasteiger partial charge is 0.409 e. The van der Waals surface area contributed by atoms with Crippen LogP contribution < -0.4 is 24.4 Å². The number of nitro benzene ring substituents is 1. The number of H-pyrrole nitrogens is 1. The Labute approximate surface area is 416 Å². The Morgan fingerprint density at radius 3 is 2.50 bits per heavy atom. The largest absolute Gasteiger partial charge is 0.489 e. The molecular formula is C51H60FN9O10S. The molecule has 5 aromatic rings. The Morgan fingerprint density at radius 1 is 1.03 bits per heavy atom. The van der Waals surface area contributed by atoms with Crippen molar-refractivity contribution in [2.24, 2.45) is 11.3 Å². The minimum atomic E-state index is -4.75. The van der Waals surface area contributed by atoms with E-state index in [1.54, 1.807) is 24.0 Å². The molecule has 3 aromatic carbocycles. The number of aromatic amines is 1. The second-order valence-electron chi connectivity index (χ2n) is 20.6. The van der Waals surface area contributed by atoms with Crippen molar-refractivity contribution in [2.75, 3.05) is 69.7 Å². The summed E-state index contributed by atoms with van der Waals surface area (Å²) in [7, 11) is -3.33. The molecule has 1 spiro atoms. The van der Waals surface area contributed by atoms with Crippen molar-refractivity contribution < 1.29 is 46.6 Å². The van der Waals surface area contributed by atoms with Crippen molar-refractivity contribution >= 4 is 50.1 Å². The number of hydrogen-bond donors (Lipinski definition) is 4. The van der Waals surface area contributed by atoms with Gasteiger partial charge in [0.05, 0.1) is 51.8 Å². The van der Waals surface area contributed by atoms with Crippen LogP contribution >= 0.6 is 0 Å². The summed E-state index contributed by atoms with van der Waals surface area (Å²) in [5.74, 6) is -1.23. The number of nitro groups is 1. The Balaban J connectivity index is 0.863. The van der Waals surface area contributed by atoms with Gasteiger partial charge in [0, 0.05) is 81.3 Å². The Kier molecular flexibility index (Phi) is 13.0. The second kappa shape index (κ2) is 19.1. The molecule has 4 N–H and O–H groups in total. The number of nitrogens with one attached hydrogen (secondary N) is 3. The monoisotopic (exact) mass is 1010 g/mol. The summed E-state index contributed by atoms with van der Waals surface area (Å²) in [6.45, 7) is 11.1. The predicted octanol–water partition coefficient (Wildman–Crippen LogP) is 7.70. The molecule has 2 amide bonds. The average Bonchev–Trinajstić information content (AvgIpc) is 3.73. The molecule has 1 saturated carbocycles. The molecule has 0 radical (unpaired) electrons. The number of carbonyl (C=O) groups excluding carboxylic acids is 2. The van der Waals surface area contributed by atoms with E-state index in [1.165, 1.54) is 42.8 Å². The number of hydrazine groups is 1. The predicted molar refractivity (Wildman–Crippen MR) is 265 cm³/mol. The van der Waals surface area contributed by atoms with Crippen LogP contribution in [0.4, 0.5) is 26.2 Å². The maximum atomic E-state index is 14.7. The highest BCUT2D eigenvalue weighted by Crippen LogP contribution is 2.47. The molecule has 1 aliphatic carbocycles. The van der Waals surface area contributed by atoms with Crippen LogP contribution in [0.2, 0.25) is 0 Å². The SMILES string of the molecule is COC(=O)N1CCN(N2CC3(CCN(c4ccc(C(=O)NS(=O)(=O)c5cc6c(c([N+](=O)[O-])c5)N[C@@H]([C@H]5CC[C@](C)(O)CC5)CO6)c(Oc5cnc6[nH]cc(F)c6c5)c4)CC3)C2)[C@@H](c2ccccc2C(C)C)C1. The summed E-state index contributed by atoms with van der Waals surface area (Å²) in [5, 5.41) is 31.1. The van der Waals surface area contributed by atoms with Crippen LogP contribution in [0.15, 0.2) is 78.0 Å². The number of rotatable bonds is 11. The lowest BCUT2D eigenvalue weighted by Crippen LogP contribution is -2.68. The van der Waals surface area contributed by atoms with Gasteiger partial charge in [0.2, 0.25) is 0 Å². The van der Waals surface area contributed by atoms with Gasteiger partial charge < -0.3 is 39.4 Å². The summed E-state index contributed by atoms with van der Waals surface area (Å²) < 4.78 is 62.2. The van der Waals surface area contributed by atoms with Gasteiger partial charge in [-0.3, -0.25) is 14.9 Å². The lowest BCUT2D eigenvalue weighted by molar-refractivity contribution is -0.384. The first-order valence-corrected chi connectivity index (χ1v) is 26.0. The van der Waals surface area contributed by atoms with Crippen LogP contribution in [0.25, 0.3) is 11.0 Å². The molecule has 0 unspecified atom stereocenters. The van der Waals surface area contributed by atoms with Gasteiger partial charge in [-0.25, -0.2) is 37.3 Å². The quantitative estimate of drug-likeness (QED) is 0.0735. The highest BCUT2D eigenvalue weighted by Gasteiger charge is 2.49. The summed E-state index contributed by atoms with van der Waals surface area (Å²) in [6, 6.07) is 16.4. The van der Waals surface area contributed by atoms with Crippen molar-refractivity contribution in [1.82, 2.24) is 29.6 Å². The third kappa shape index (κ3) is 9.61. The van der Waals surface area contributed by atoms with Crippen molar-refractivity contribution in [2.45, 2.75) is 87.8 Å².